The lowest BCUT2D eigenvalue weighted by molar-refractivity contribution is 0.0697. The number of nitrogens with zero attached hydrogens (tertiary/aromatic N) is 1. The van der Waals surface area contributed by atoms with Crippen molar-refractivity contribution in [3.63, 3.8) is 0 Å². The normalized spacial score (nSPS) is 10.1. The maximum atomic E-state index is 10.9. The zero-order valence-corrected chi connectivity index (χ0v) is 9.15. The molecular weight excluding hydrogens is 200 g/mol. The van der Waals surface area contributed by atoms with Crippen molar-refractivity contribution in [2.45, 2.75) is 26.7 Å². The van der Waals surface area contributed by atoms with Crippen LogP contribution >= 0.6 is 11.5 Å². The minimum Gasteiger partial charge on any atom is -0.478 e. The van der Waals surface area contributed by atoms with Gasteiger partial charge >= 0.3 is 5.97 Å². The van der Waals surface area contributed by atoms with Crippen LogP contribution < -0.4 is 5.32 Å². The first kappa shape index (κ1) is 11.0. The second-order valence-electron chi connectivity index (χ2n) is 3.06. The molecule has 0 radical (unpaired) electrons. The van der Waals surface area contributed by atoms with E-state index in [1.165, 1.54) is 11.5 Å². The highest BCUT2D eigenvalue weighted by Gasteiger charge is 2.16. The van der Waals surface area contributed by atoms with Crippen molar-refractivity contribution in [3.05, 3.63) is 11.3 Å². The zero-order chi connectivity index (χ0) is 10.6. The second kappa shape index (κ2) is 4.95. The SMILES string of the molecule is CCCCNc1snc(C)c1C(=O)O. The summed E-state index contributed by atoms with van der Waals surface area (Å²) in [5.74, 6) is -0.907. The molecule has 4 nitrogen and oxygen atoms in total. The second-order valence-corrected chi connectivity index (χ2v) is 3.83. The number of anilines is 1. The van der Waals surface area contributed by atoms with Crippen LogP contribution in [-0.4, -0.2) is 22.0 Å². The van der Waals surface area contributed by atoms with E-state index in [9.17, 15) is 4.79 Å². The molecule has 0 amide bonds. The molecule has 5 heteroatoms. The van der Waals surface area contributed by atoms with E-state index in [2.05, 4.69) is 16.6 Å². The van der Waals surface area contributed by atoms with Crippen LogP contribution in [0.1, 0.15) is 35.8 Å². The number of carboxylic acids is 1. The van der Waals surface area contributed by atoms with Gasteiger partial charge in [-0.2, -0.15) is 4.37 Å². The summed E-state index contributed by atoms with van der Waals surface area (Å²) in [5, 5.41) is 12.7. The highest BCUT2D eigenvalue weighted by Crippen LogP contribution is 2.24. The Morgan fingerprint density at radius 3 is 2.93 bits per heavy atom. The Bertz CT molecular complexity index is 323. The van der Waals surface area contributed by atoms with Crippen molar-refractivity contribution >= 4 is 22.5 Å². The van der Waals surface area contributed by atoms with Crippen molar-refractivity contribution < 1.29 is 9.90 Å². The van der Waals surface area contributed by atoms with Crippen molar-refractivity contribution in [2.24, 2.45) is 0 Å². The molecule has 0 fully saturated rings. The average Bonchev–Trinajstić information content (AvgIpc) is 2.47. The Kier molecular flexibility index (Phi) is 3.88. The summed E-state index contributed by atoms with van der Waals surface area (Å²) in [6.45, 7) is 4.61. The average molecular weight is 214 g/mol. The molecule has 2 N–H and O–H groups in total. The fourth-order valence-corrected chi connectivity index (χ4v) is 1.93. The predicted molar refractivity (Wildman–Crippen MR) is 57.2 cm³/mol. The first-order valence-electron chi connectivity index (χ1n) is 4.60. The lowest BCUT2D eigenvalue weighted by atomic mass is 10.2. The molecule has 0 aliphatic carbocycles. The summed E-state index contributed by atoms with van der Waals surface area (Å²) in [6.07, 6.45) is 2.13. The first-order chi connectivity index (χ1) is 6.66. The Morgan fingerprint density at radius 1 is 1.64 bits per heavy atom. The molecule has 0 atom stereocenters. The third-order valence-corrected chi connectivity index (χ3v) is 2.79. The quantitative estimate of drug-likeness (QED) is 0.739. The minimum atomic E-state index is -0.907. The molecule has 0 bridgehead atoms. The maximum absolute atomic E-state index is 10.9. The molecule has 0 spiro atoms. The van der Waals surface area contributed by atoms with E-state index in [1.807, 2.05) is 0 Å². The number of unbranched alkanes of at least 4 members (excludes halogenated alkanes) is 1. The van der Waals surface area contributed by atoms with Gasteiger partial charge in [0.2, 0.25) is 0 Å². The fraction of sp³-hybridized carbons (Fsp3) is 0.556. The molecule has 1 aromatic rings. The summed E-state index contributed by atoms with van der Waals surface area (Å²) in [4.78, 5) is 10.9. The van der Waals surface area contributed by atoms with Gasteiger partial charge in [-0.05, 0) is 24.9 Å². The lowest BCUT2D eigenvalue weighted by Crippen LogP contribution is -2.05. The van der Waals surface area contributed by atoms with Crippen LogP contribution in [-0.2, 0) is 0 Å². The molecule has 0 saturated heterocycles. The highest BCUT2D eigenvalue weighted by atomic mass is 32.1. The number of carboxylic acid groups (broad SMARTS) is 1. The molecule has 1 heterocycles. The Balaban J connectivity index is 2.71. The maximum Gasteiger partial charge on any atom is 0.340 e. The predicted octanol–water partition coefficient (Wildman–Crippen LogP) is 2.36. The number of hydrogen-bond acceptors (Lipinski definition) is 4. The van der Waals surface area contributed by atoms with Gasteiger partial charge < -0.3 is 10.4 Å². The van der Waals surface area contributed by atoms with Crippen LogP contribution in [0.15, 0.2) is 0 Å². The van der Waals surface area contributed by atoms with Crippen LogP contribution in [0.5, 0.6) is 0 Å². The number of aryl methyl sites for hydroxylation is 1. The Labute approximate surface area is 87.1 Å². The van der Waals surface area contributed by atoms with Crippen LogP contribution in [0.4, 0.5) is 5.00 Å². The molecule has 0 aliphatic rings. The number of hydrogen-bond donors (Lipinski definition) is 2. The van der Waals surface area contributed by atoms with Crippen molar-refractivity contribution in [1.82, 2.24) is 4.37 Å². The van der Waals surface area contributed by atoms with Crippen LogP contribution in [0, 0.1) is 6.92 Å². The minimum absolute atomic E-state index is 0.311. The Morgan fingerprint density at radius 2 is 2.36 bits per heavy atom. The number of carbonyl (C=O) groups is 1. The molecule has 0 unspecified atom stereocenters. The van der Waals surface area contributed by atoms with Crippen LogP contribution in [0.2, 0.25) is 0 Å². The van der Waals surface area contributed by atoms with Gasteiger partial charge in [-0.25, -0.2) is 4.79 Å². The summed E-state index contributed by atoms with van der Waals surface area (Å²) in [5.41, 5.74) is 0.896. The van der Waals surface area contributed by atoms with Gasteiger partial charge in [0.05, 0.1) is 5.69 Å². The monoisotopic (exact) mass is 214 g/mol. The third kappa shape index (κ3) is 2.45. The fourth-order valence-electron chi connectivity index (χ4n) is 1.12. The Hall–Kier alpha value is -1.10. The van der Waals surface area contributed by atoms with Crippen molar-refractivity contribution in [1.29, 1.82) is 0 Å². The van der Waals surface area contributed by atoms with Crippen molar-refractivity contribution in [2.75, 3.05) is 11.9 Å². The first-order valence-corrected chi connectivity index (χ1v) is 5.37. The number of aromatic carboxylic acids is 1. The van der Waals surface area contributed by atoms with Gasteiger partial charge in [0, 0.05) is 6.54 Å². The highest BCUT2D eigenvalue weighted by molar-refractivity contribution is 7.10. The van der Waals surface area contributed by atoms with E-state index in [0.717, 1.165) is 19.4 Å². The molecule has 0 aromatic carbocycles. The molecule has 14 heavy (non-hydrogen) atoms. The van der Waals surface area contributed by atoms with E-state index in [1.54, 1.807) is 6.92 Å². The molecule has 0 saturated carbocycles. The summed E-state index contributed by atoms with van der Waals surface area (Å²) in [6, 6.07) is 0. The molecule has 1 rings (SSSR count). The summed E-state index contributed by atoms with van der Waals surface area (Å²) >= 11 is 1.21. The van der Waals surface area contributed by atoms with Crippen LogP contribution in [0.3, 0.4) is 0 Å². The summed E-state index contributed by atoms with van der Waals surface area (Å²) in [7, 11) is 0. The van der Waals surface area contributed by atoms with Crippen molar-refractivity contribution in [3.8, 4) is 0 Å². The molecule has 1 aromatic heterocycles. The van der Waals surface area contributed by atoms with Gasteiger partial charge in [0.15, 0.2) is 0 Å². The summed E-state index contributed by atoms with van der Waals surface area (Å²) < 4.78 is 4.01. The van der Waals surface area contributed by atoms with Gasteiger partial charge in [-0.3, -0.25) is 0 Å². The van der Waals surface area contributed by atoms with E-state index < -0.39 is 5.97 Å². The number of nitrogens with one attached hydrogen (secondary N) is 1. The standard InChI is InChI=1S/C9H14N2O2S/c1-3-4-5-10-8-7(9(12)13)6(2)11-14-8/h10H,3-5H2,1-2H3,(H,12,13). The van der Waals surface area contributed by atoms with Gasteiger partial charge in [-0.15, -0.1) is 0 Å². The zero-order valence-electron chi connectivity index (χ0n) is 8.33. The molecular formula is C9H14N2O2S. The molecule has 0 aliphatic heterocycles. The lowest BCUT2D eigenvalue weighted by Gasteiger charge is -2.02. The smallest absolute Gasteiger partial charge is 0.340 e. The topological polar surface area (TPSA) is 62.2 Å². The van der Waals surface area contributed by atoms with Gasteiger partial charge in [0.1, 0.15) is 10.6 Å². The number of rotatable bonds is 5. The van der Waals surface area contributed by atoms with E-state index in [4.69, 9.17) is 5.11 Å². The van der Waals surface area contributed by atoms with Crippen LogP contribution in [0.25, 0.3) is 0 Å². The van der Waals surface area contributed by atoms with E-state index in [0.29, 0.717) is 16.3 Å². The van der Waals surface area contributed by atoms with Gasteiger partial charge in [0.25, 0.3) is 0 Å². The van der Waals surface area contributed by atoms with E-state index in [-0.39, 0.29) is 0 Å². The number of aromatic nitrogens is 1. The largest absolute Gasteiger partial charge is 0.478 e. The molecule has 78 valence electrons. The van der Waals surface area contributed by atoms with Gasteiger partial charge in [-0.1, -0.05) is 13.3 Å². The van der Waals surface area contributed by atoms with E-state index >= 15 is 0 Å². The third-order valence-electron chi connectivity index (χ3n) is 1.89.